The first-order valence-electron chi connectivity index (χ1n) is 3.75. The molecule has 0 fully saturated rings. The van der Waals surface area contributed by atoms with E-state index < -0.39 is 27.8 Å². The number of carbonyl (C=O) groups is 2. The number of carboxylic acid groups (broad SMARTS) is 2. The Kier molecular flexibility index (Phi) is 5.36. The van der Waals surface area contributed by atoms with E-state index >= 15 is 0 Å². The van der Waals surface area contributed by atoms with Gasteiger partial charge in [-0.15, -0.1) is 0 Å². The van der Waals surface area contributed by atoms with Gasteiger partial charge in [0.1, 0.15) is 0 Å². The van der Waals surface area contributed by atoms with Gasteiger partial charge < -0.3 is 19.7 Å². The highest BCUT2D eigenvalue weighted by Crippen LogP contribution is 2.36. The van der Waals surface area contributed by atoms with Gasteiger partial charge in [0.05, 0.1) is 5.41 Å². The number of halogens is 2. The largest absolute Gasteiger partial charge is 0.506 e. The zero-order chi connectivity index (χ0) is 12.2. The van der Waals surface area contributed by atoms with Crippen molar-refractivity contribution in [3.8, 4) is 0 Å². The summed E-state index contributed by atoms with van der Waals surface area (Å²) in [6, 6.07) is 0. The molecule has 0 aromatic heterocycles. The summed E-state index contributed by atoms with van der Waals surface area (Å²) in [6.45, 7) is 3.16. The molecule has 88 valence electrons. The Morgan fingerprint density at radius 3 is 1.53 bits per heavy atom. The number of hydrogen-bond acceptors (Lipinski definition) is 4. The molecule has 0 radical (unpaired) electrons. The minimum absolute atomic E-state index is 0.892. The molecule has 0 amide bonds. The highest BCUT2D eigenvalue weighted by atomic mass is 79.9. The normalized spacial score (nSPS) is 15.2. The van der Waals surface area contributed by atoms with E-state index in [0.29, 0.717) is 0 Å². The Labute approximate surface area is 103 Å². The Balaban J connectivity index is 4.49. The van der Waals surface area contributed by atoms with E-state index in [1.54, 1.807) is 13.8 Å². The summed E-state index contributed by atoms with van der Waals surface area (Å²) in [6.07, 6.45) is -2.92. The van der Waals surface area contributed by atoms with Crippen molar-refractivity contribution in [3.63, 3.8) is 0 Å². The third-order valence-corrected chi connectivity index (χ3v) is 4.31. The molecule has 0 aromatic rings. The van der Waals surface area contributed by atoms with Gasteiger partial charge in [0, 0.05) is 0 Å². The van der Waals surface area contributed by atoms with Gasteiger partial charge in [-0.25, -0.2) is 9.59 Å². The maximum atomic E-state index is 10.3. The number of alkyl halides is 2. The van der Waals surface area contributed by atoms with Crippen LogP contribution < -0.4 is 0 Å². The Bertz CT molecular complexity index is 230. The van der Waals surface area contributed by atoms with Gasteiger partial charge in [-0.05, 0) is 31.9 Å². The van der Waals surface area contributed by atoms with E-state index in [-0.39, 0.29) is 0 Å². The third kappa shape index (κ3) is 4.70. The maximum Gasteiger partial charge on any atom is 0.506 e. The third-order valence-electron chi connectivity index (χ3n) is 1.58. The summed E-state index contributed by atoms with van der Waals surface area (Å²) in [5, 5.41) is 15.0. The van der Waals surface area contributed by atoms with Crippen molar-refractivity contribution in [2.45, 2.75) is 23.9 Å². The van der Waals surface area contributed by atoms with Gasteiger partial charge in [-0.1, -0.05) is 13.8 Å². The average Bonchev–Trinajstić information content (AvgIpc) is 2.01. The molecule has 0 saturated carbocycles. The van der Waals surface area contributed by atoms with Gasteiger partial charge in [0.2, 0.25) is 0 Å². The molecule has 15 heavy (non-hydrogen) atoms. The molecule has 0 saturated heterocycles. The zero-order valence-electron chi connectivity index (χ0n) is 7.94. The van der Waals surface area contributed by atoms with Gasteiger partial charge in [-0.3, -0.25) is 0 Å². The first kappa shape index (κ1) is 14.5. The second-order valence-electron chi connectivity index (χ2n) is 3.22. The summed E-state index contributed by atoms with van der Waals surface area (Å²) < 4.78 is 8.90. The second kappa shape index (κ2) is 5.55. The molecule has 0 heterocycles. The predicted molar refractivity (Wildman–Crippen MR) is 57.4 cm³/mol. The van der Waals surface area contributed by atoms with Gasteiger partial charge in [0.25, 0.3) is 0 Å². The van der Waals surface area contributed by atoms with E-state index in [2.05, 4.69) is 41.3 Å². The molecule has 8 heteroatoms. The lowest BCUT2D eigenvalue weighted by Gasteiger charge is -2.32. The summed E-state index contributed by atoms with van der Waals surface area (Å²) in [5.74, 6) is 0. The second-order valence-corrected chi connectivity index (χ2v) is 4.88. The van der Waals surface area contributed by atoms with Crippen molar-refractivity contribution in [2.75, 3.05) is 0 Å². The van der Waals surface area contributed by atoms with E-state index in [0.717, 1.165) is 0 Å². The van der Waals surface area contributed by atoms with E-state index in [4.69, 9.17) is 10.2 Å². The smallest absolute Gasteiger partial charge is 0.450 e. The zero-order valence-corrected chi connectivity index (χ0v) is 11.1. The van der Waals surface area contributed by atoms with Crippen molar-refractivity contribution >= 4 is 44.2 Å². The van der Waals surface area contributed by atoms with Crippen LogP contribution in [0.5, 0.6) is 0 Å². The minimum Gasteiger partial charge on any atom is -0.450 e. The highest BCUT2D eigenvalue weighted by molar-refractivity contribution is 9.10. The van der Waals surface area contributed by atoms with E-state index in [1.165, 1.54) is 0 Å². The molecule has 0 spiro atoms. The molecule has 0 aliphatic rings. The van der Waals surface area contributed by atoms with Crippen molar-refractivity contribution in [1.82, 2.24) is 0 Å². The fourth-order valence-electron chi connectivity index (χ4n) is 0.584. The molecule has 2 atom stereocenters. The quantitative estimate of drug-likeness (QED) is 0.598. The van der Waals surface area contributed by atoms with E-state index in [9.17, 15) is 9.59 Å². The molecular weight excluding hydrogens is 340 g/mol. The predicted octanol–water partition coefficient (Wildman–Crippen LogP) is 2.84. The van der Waals surface area contributed by atoms with Crippen molar-refractivity contribution < 1.29 is 29.3 Å². The average molecular weight is 350 g/mol. The first-order valence-corrected chi connectivity index (χ1v) is 5.58. The highest BCUT2D eigenvalue weighted by Gasteiger charge is 2.40. The summed E-state index contributed by atoms with van der Waals surface area (Å²) in [4.78, 5) is 20.6. The fourth-order valence-corrected chi connectivity index (χ4v) is 1.74. The van der Waals surface area contributed by atoms with Crippen LogP contribution in [0, 0.1) is 5.41 Å². The SMILES string of the molecule is CC(C)(C(Br)OC(=O)O)C(Br)OC(=O)O. The summed E-state index contributed by atoms with van der Waals surface area (Å²) in [7, 11) is 0. The maximum absolute atomic E-state index is 10.3. The Hall–Kier alpha value is -0.500. The molecule has 0 rings (SSSR count). The Morgan fingerprint density at radius 2 is 1.33 bits per heavy atom. The van der Waals surface area contributed by atoms with Crippen molar-refractivity contribution in [1.29, 1.82) is 0 Å². The fraction of sp³-hybridized carbons (Fsp3) is 0.714. The van der Waals surface area contributed by atoms with Crippen LogP contribution in [-0.4, -0.2) is 32.6 Å². The van der Waals surface area contributed by atoms with Crippen LogP contribution >= 0.6 is 31.9 Å². The molecule has 2 N–H and O–H groups in total. The lowest BCUT2D eigenvalue weighted by Crippen LogP contribution is -2.38. The van der Waals surface area contributed by atoms with E-state index in [1.807, 2.05) is 0 Å². The molecule has 0 aromatic carbocycles. The summed E-state index contributed by atoms with van der Waals surface area (Å²) >= 11 is 5.97. The van der Waals surface area contributed by atoms with Gasteiger partial charge in [0.15, 0.2) is 10.0 Å². The molecule has 0 aliphatic carbocycles. The molecule has 0 aliphatic heterocycles. The number of rotatable bonds is 4. The van der Waals surface area contributed by atoms with Crippen LogP contribution in [0.1, 0.15) is 13.8 Å². The van der Waals surface area contributed by atoms with Crippen LogP contribution in [0.15, 0.2) is 0 Å². The van der Waals surface area contributed by atoms with Crippen LogP contribution in [0.2, 0.25) is 0 Å². The van der Waals surface area contributed by atoms with Crippen molar-refractivity contribution in [3.05, 3.63) is 0 Å². The number of hydrogen-bond donors (Lipinski definition) is 2. The van der Waals surface area contributed by atoms with Crippen LogP contribution in [-0.2, 0) is 9.47 Å². The first-order chi connectivity index (χ1) is 6.67. The van der Waals surface area contributed by atoms with Crippen molar-refractivity contribution in [2.24, 2.45) is 5.41 Å². The lowest BCUT2D eigenvalue weighted by molar-refractivity contribution is -0.00878. The van der Waals surface area contributed by atoms with Crippen LogP contribution in [0.3, 0.4) is 0 Å². The lowest BCUT2D eigenvalue weighted by atomic mass is 9.96. The monoisotopic (exact) mass is 348 g/mol. The van der Waals surface area contributed by atoms with Gasteiger partial charge >= 0.3 is 12.3 Å². The molecule has 0 bridgehead atoms. The molecule has 2 unspecified atom stereocenters. The van der Waals surface area contributed by atoms with Crippen LogP contribution in [0.4, 0.5) is 9.59 Å². The number of ether oxygens (including phenoxy) is 2. The minimum atomic E-state index is -1.46. The van der Waals surface area contributed by atoms with Gasteiger partial charge in [-0.2, -0.15) is 0 Å². The summed E-state index contributed by atoms with van der Waals surface area (Å²) in [5.41, 5.74) is -0.892. The topological polar surface area (TPSA) is 93.1 Å². The molecule has 6 nitrogen and oxygen atoms in total. The molecular formula is C7H10Br2O6. The van der Waals surface area contributed by atoms with Crippen LogP contribution in [0.25, 0.3) is 0 Å². The standard InChI is InChI=1S/C7H10Br2O6/c1-7(2,3(8)14-5(10)11)4(9)15-6(12)13/h3-4H,1-2H3,(H,10,11)(H,12,13). The Morgan fingerprint density at radius 1 is 1.07 bits per heavy atom.